The Morgan fingerprint density at radius 1 is 1.35 bits per heavy atom. The van der Waals surface area contributed by atoms with Crippen molar-refractivity contribution in [2.45, 2.75) is 50.4 Å². The highest BCUT2D eigenvalue weighted by Gasteiger charge is 2.35. The highest BCUT2D eigenvalue weighted by atomic mass is 35.5. The van der Waals surface area contributed by atoms with Crippen molar-refractivity contribution >= 4 is 17.6 Å². The summed E-state index contributed by atoms with van der Waals surface area (Å²) >= 11 is 6.19. The molecule has 3 rings (SSSR count). The molecule has 3 N–H and O–H groups in total. The van der Waals surface area contributed by atoms with Crippen molar-refractivity contribution < 1.29 is 15.0 Å². The normalized spacial score (nSPS) is 28.3. The molecule has 1 heterocycles. The summed E-state index contributed by atoms with van der Waals surface area (Å²) in [5, 5.41) is 22.8. The number of halogens is 1. The number of carboxylic acid groups (broad SMARTS) is 1. The zero-order valence-electron chi connectivity index (χ0n) is 13.0. The maximum atomic E-state index is 10.9. The minimum atomic E-state index is -0.963. The van der Waals surface area contributed by atoms with Gasteiger partial charge in [0, 0.05) is 36.7 Å². The summed E-state index contributed by atoms with van der Waals surface area (Å²) in [4.78, 5) is 13.3. The molecular formula is C17H23ClN2O3. The summed E-state index contributed by atoms with van der Waals surface area (Å²) in [6.07, 6.45) is 4.17. The minimum absolute atomic E-state index is 0.186. The molecule has 2 aliphatic rings. The molecule has 2 fully saturated rings. The van der Waals surface area contributed by atoms with Crippen LogP contribution in [0, 0.1) is 0 Å². The molecule has 0 spiro atoms. The second-order valence-corrected chi connectivity index (χ2v) is 6.94. The largest absolute Gasteiger partial charge is 0.478 e. The molecule has 23 heavy (non-hydrogen) atoms. The second kappa shape index (κ2) is 7.18. The minimum Gasteiger partial charge on any atom is -0.478 e. The van der Waals surface area contributed by atoms with Crippen LogP contribution < -0.4 is 5.32 Å². The molecule has 0 aromatic heterocycles. The summed E-state index contributed by atoms with van der Waals surface area (Å²) in [7, 11) is 0. The van der Waals surface area contributed by atoms with Crippen LogP contribution in [0.2, 0.25) is 5.02 Å². The van der Waals surface area contributed by atoms with Gasteiger partial charge in [-0.1, -0.05) is 24.1 Å². The summed E-state index contributed by atoms with van der Waals surface area (Å²) in [5.74, 6) is -0.963. The van der Waals surface area contributed by atoms with Crippen LogP contribution in [0.3, 0.4) is 0 Å². The molecule has 1 aliphatic carbocycles. The first-order valence-corrected chi connectivity index (χ1v) is 8.59. The quantitative estimate of drug-likeness (QED) is 0.767. The van der Waals surface area contributed by atoms with E-state index in [-0.39, 0.29) is 11.7 Å². The Morgan fingerprint density at radius 3 is 2.83 bits per heavy atom. The molecule has 1 saturated carbocycles. The van der Waals surface area contributed by atoms with Gasteiger partial charge in [0.25, 0.3) is 0 Å². The third-order valence-electron chi connectivity index (χ3n) is 5.00. The van der Waals surface area contributed by atoms with Gasteiger partial charge in [0.2, 0.25) is 0 Å². The van der Waals surface area contributed by atoms with Crippen LogP contribution in [0.4, 0.5) is 0 Å². The zero-order chi connectivity index (χ0) is 16.4. The second-order valence-electron chi connectivity index (χ2n) is 6.53. The first kappa shape index (κ1) is 16.7. The molecule has 1 saturated heterocycles. The fraction of sp³-hybridized carbons (Fsp3) is 0.588. The SMILES string of the molecule is O=C(O)c1ccc(CN[C@H]2CCC[C@H]2N2CCC(O)C2)c(Cl)c1. The van der Waals surface area contributed by atoms with Gasteiger partial charge >= 0.3 is 5.97 Å². The first-order chi connectivity index (χ1) is 11.0. The Labute approximate surface area is 141 Å². The van der Waals surface area contributed by atoms with Crippen LogP contribution in [-0.4, -0.2) is 52.4 Å². The van der Waals surface area contributed by atoms with Gasteiger partial charge in [0.1, 0.15) is 0 Å². The van der Waals surface area contributed by atoms with Crippen molar-refractivity contribution in [3.05, 3.63) is 34.3 Å². The zero-order valence-corrected chi connectivity index (χ0v) is 13.8. The van der Waals surface area contributed by atoms with Crippen LogP contribution in [0.5, 0.6) is 0 Å². The molecule has 126 valence electrons. The first-order valence-electron chi connectivity index (χ1n) is 8.22. The van der Waals surface area contributed by atoms with Crippen LogP contribution in [-0.2, 0) is 6.54 Å². The molecule has 1 unspecified atom stereocenters. The molecule has 3 atom stereocenters. The third kappa shape index (κ3) is 3.86. The van der Waals surface area contributed by atoms with Crippen molar-refractivity contribution in [2.75, 3.05) is 13.1 Å². The smallest absolute Gasteiger partial charge is 0.335 e. The number of nitrogens with one attached hydrogen (secondary N) is 1. The molecule has 0 radical (unpaired) electrons. The summed E-state index contributed by atoms with van der Waals surface area (Å²) < 4.78 is 0. The van der Waals surface area contributed by atoms with Gasteiger partial charge < -0.3 is 15.5 Å². The Hall–Kier alpha value is -1.14. The van der Waals surface area contributed by atoms with Gasteiger partial charge in [-0.05, 0) is 37.0 Å². The number of nitrogens with zero attached hydrogens (tertiary/aromatic N) is 1. The van der Waals surface area contributed by atoms with E-state index in [1.165, 1.54) is 12.5 Å². The maximum absolute atomic E-state index is 10.9. The predicted molar refractivity (Wildman–Crippen MR) is 88.9 cm³/mol. The van der Waals surface area contributed by atoms with Gasteiger partial charge in [0.05, 0.1) is 11.7 Å². The molecule has 1 aliphatic heterocycles. The Bertz CT molecular complexity index is 581. The van der Waals surface area contributed by atoms with Crippen LogP contribution in [0.15, 0.2) is 18.2 Å². The molecular weight excluding hydrogens is 316 g/mol. The number of aliphatic hydroxyl groups excluding tert-OH is 1. The average molecular weight is 339 g/mol. The van der Waals surface area contributed by atoms with E-state index in [1.807, 2.05) is 0 Å². The van der Waals surface area contributed by atoms with E-state index in [0.717, 1.165) is 37.9 Å². The van der Waals surface area contributed by atoms with Crippen LogP contribution >= 0.6 is 11.6 Å². The van der Waals surface area contributed by atoms with Crippen molar-refractivity contribution in [1.82, 2.24) is 10.2 Å². The van der Waals surface area contributed by atoms with Gasteiger partial charge in [0.15, 0.2) is 0 Å². The molecule has 0 amide bonds. The number of carbonyl (C=O) groups is 1. The highest BCUT2D eigenvalue weighted by Crippen LogP contribution is 2.28. The van der Waals surface area contributed by atoms with Gasteiger partial charge in [-0.2, -0.15) is 0 Å². The summed E-state index contributed by atoms with van der Waals surface area (Å²) in [5.41, 5.74) is 1.13. The number of carboxylic acids is 1. The Morgan fingerprint density at radius 2 is 2.17 bits per heavy atom. The number of β-amino-alcohol motifs (C(OH)–C–C–N with tert-alkyl or cyclic N) is 1. The predicted octanol–water partition coefficient (Wildman–Crippen LogP) is 2.12. The standard InChI is InChI=1S/C17H23ClN2O3/c18-14-8-11(17(22)23)4-5-12(14)9-19-15-2-1-3-16(15)20-7-6-13(21)10-20/h4-5,8,13,15-16,19,21H,1-3,6-7,9-10H2,(H,22,23)/t13?,15-,16+/m0/s1. The molecule has 1 aromatic carbocycles. The van der Waals surface area contributed by atoms with E-state index in [4.69, 9.17) is 16.7 Å². The number of aromatic carboxylic acids is 1. The van der Waals surface area contributed by atoms with Crippen molar-refractivity contribution in [2.24, 2.45) is 0 Å². The van der Waals surface area contributed by atoms with E-state index in [2.05, 4.69) is 10.2 Å². The lowest BCUT2D eigenvalue weighted by atomic mass is 10.1. The van der Waals surface area contributed by atoms with Crippen molar-refractivity contribution in [3.8, 4) is 0 Å². The number of aliphatic hydroxyl groups is 1. The third-order valence-corrected chi connectivity index (χ3v) is 5.35. The molecule has 1 aromatic rings. The lowest BCUT2D eigenvalue weighted by Crippen LogP contribution is -2.46. The Balaban J connectivity index is 1.60. The van der Waals surface area contributed by atoms with E-state index < -0.39 is 5.97 Å². The number of hydrogen-bond donors (Lipinski definition) is 3. The molecule has 5 nitrogen and oxygen atoms in total. The van der Waals surface area contributed by atoms with E-state index in [0.29, 0.717) is 23.7 Å². The maximum Gasteiger partial charge on any atom is 0.335 e. The highest BCUT2D eigenvalue weighted by molar-refractivity contribution is 6.31. The molecule has 6 heteroatoms. The van der Waals surface area contributed by atoms with E-state index in [1.54, 1.807) is 12.1 Å². The van der Waals surface area contributed by atoms with Crippen molar-refractivity contribution in [1.29, 1.82) is 0 Å². The lowest BCUT2D eigenvalue weighted by molar-refractivity contribution is 0.0697. The number of benzene rings is 1. The number of hydrogen-bond acceptors (Lipinski definition) is 4. The van der Waals surface area contributed by atoms with E-state index >= 15 is 0 Å². The topological polar surface area (TPSA) is 72.8 Å². The Kier molecular flexibility index (Phi) is 5.21. The summed E-state index contributed by atoms with van der Waals surface area (Å²) in [6, 6.07) is 5.75. The molecule has 0 bridgehead atoms. The van der Waals surface area contributed by atoms with Gasteiger partial charge in [-0.15, -0.1) is 0 Å². The van der Waals surface area contributed by atoms with Crippen molar-refractivity contribution in [3.63, 3.8) is 0 Å². The van der Waals surface area contributed by atoms with E-state index in [9.17, 15) is 9.90 Å². The fourth-order valence-electron chi connectivity index (χ4n) is 3.75. The lowest BCUT2D eigenvalue weighted by Gasteiger charge is -2.30. The average Bonchev–Trinajstić information content (AvgIpc) is 3.14. The number of rotatable bonds is 5. The van der Waals surface area contributed by atoms with Gasteiger partial charge in [-0.3, -0.25) is 4.90 Å². The van der Waals surface area contributed by atoms with Gasteiger partial charge in [-0.25, -0.2) is 4.79 Å². The monoisotopic (exact) mass is 338 g/mol. The van der Waals surface area contributed by atoms with Crippen LogP contribution in [0.1, 0.15) is 41.6 Å². The fourth-order valence-corrected chi connectivity index (χ4v) is 4.00. The summed E-state index contributed by atoms with van der Waals surface area (Å²) in [6.45, 7) is 2.38. The van der Waals surface area contributed by atoms with Crippen LogP contribution in [0.25, 0.3) is 0 Å². The number of likely N-dealkylation sites (tertiary alicyclic amines) is 1.